The summed E-state index contributed by atoms with van der Waals surface area (Å²) in [5, 5.41) is 2.97. The lowest BCUT2D eigenvalue weighted by atomic mass is 10.1. The van der Waals surface area contributed by atoms with Crippen LogP contribution in [0.5, 0.6) is 5.75 Å². The normalized spacial score (nSPS) is 11.3. The predicted octanol–water partition coefficient (Wildman–Crippen LogP) is 3.20. The van der Waals surface area contributed by atoms with Gasteiger partial charge in [0.05, 0.1) is 12.7 Å². The van der Waals surface area contributed by atoms with E-state index in [4.69, 9.17) is 4.74 Å². The van der Waals surface area contributed by atoms with Gasteiger partial charge in [-0.05, 0) is 51.3 Å². The molecule has 5 heteroatoms. The molecule has 0 saturated carbocycles. The van der Waals surface area contributed by atoms with E-state index in [-0.39, 0.29) is 11.5 Å². The first-order chi connectivity index (χ1) is 11.4. The van der Waals surface area contributed by atoms with Crippen molar-refractivity contribution in [2.45, 2.75) is 52.2 Å². The summed E-state index contributed by atoms with van der Waals surface area (Å²) in [6, 6.07) is 7.72. The Labute approximate surface area is 144 Å². The van der Waals surface area contributed by atoms with E-state index in [2.05, 4.69) is 10.3 Å². The van der Waals surface area contributed by atoms with Crippen molar-refractivity contribution in [3.05, 3.63) is 48.5 Å². The van der Waals surface area contributed by atoms with E-state index in [1.165, 1.54) is 0 Å². The summed E-state index contributed by atoms with van der Waals surface area (Å²) >= 11 is 0. The van der Waals surface area contributed by atoms with E-state index in [1.54, 1.807) is 6.20 Å². The van der Waals surface area contributed by atoms with E-state index in [0.717, 1.165) is 30.7 Å². The van der Waals surface area contributed by atoms with Crippen molar-refractivity contribution < 1.29 is 9.53 Å². The van der Waals surface area contributed by atoms with Gasteiger partial charge >= 0.3 is 0 Å². The molecule has 1 N–H and O–H groups in total. The Balaban J connectivity index is 1.64. The van der Waals surface area contributed by atoms with Crippen LogP contribution in [0.15, 0.2) is 43.0 Å². The second-order valence-electron chi connectivity index (χ2n) is 6.89. The van der Waals surface area contributed by atoms with E-state index < -0.39 is 0 Å². The number of hydrogen-bond donors (Lipinski definition) is 1. The highest BCUT2D eigenvalue weighted by atomic mass is 16.5. The quantitative estimate of drug-likeness (QED) is 0.757. The van der Waals surface area contributed by atoms with Gasteiger partial charge in [-0.2, -0.15) is 0 Å². The van der Waals surface area contributed by atoms with Crippen molar-refractivity contribution in [3.8, 4) is 5.75 Å². The minimum Gasteiger partial charge on any atom is -0.488 e. The van der Waals surface area contributed by atoms with Crippen LogP contribution < -0.4 is 10.1 Å². The number of carbonyl (C=O) groups excluding carboxylic acids is 1. The van der Waals surface area contributed by atoms with Crippen LogP contribution in [0.25, 0.3) is 0 Å². The lowest BCUT2D eigenvalue weighted by molar-refractivity contribution is -0.120. The molecule has 0 unspecified atom stereocenters. The maximum Gasteiger partial charge on any atom is 0.224 e. The van der Waals surface area contributed by atoms with Gasteiger partial charge in [0.1, 0.15) is 11.4 Å². The zero-order valence-electron chi connectivity index (χ0n) is 14.8. The van der Waals surface area contributed by atoms with Crippen LogP contribution in [0.2, 0.25) is 0 Å². The van der Waals surface area contributed by atoms with Gasteiger partial charge in [0, 0.05) is 25.5 Å². The van der Waals surface area contributed by atoms with Crippen molar-refractivity contribution in [3.63, 3.8) is 0 Å². The van der Waals surface area contributed by atoms with Gasteiger partial charge < -0.3 is 14.6 Å². The van der Waals surface area contributed by atoms with Gasteiger partial charge in [0.15, 0.2) is 0 Å². The van der Waals surface area contributed by atoms with Crippen molar-refractivity contribution in [2.75, 3.05) is 6.54 Å². The molecule has 24 heavy (non-hydrogen) atoms. The Morgan fingerprint density at radius 1 is 1.21 bits per heavy atom. The monoisotopic (exact) mass is 329 g/mol. The van der Waals surface area contributed by atoms with Crippen molar-refractivity contribution in [1.29, 1.82) is 0 Å². The zero-order valence-corrected chi connectivity index (χ0v) is 14.8. The van der Waals surface area contributed by atoms with Gasteiger partial charge in [-0.15, -0.1) is 0 Å². The summed E-state index contributed by atoms with van der Waals surface area (Å²) in [6.45, 7) is 7.69. The fourth-order valence-electron chi connectivity index (χ4n) is 2.34. The minimum absolute atomic E-state index is 0.0575. The van der Waals surface area contributed by atoms with Gasteiger partial charge in [-0.25, -0.2) is 4.98 Å². The number of carbonyl (C=O) groups is 1. The summed E-state index contributed by atoms with van der Waals surface area (Å²) in [6.07, 6.45) is 7.92. The number of aromatic nitrogens is 2. The molecule has 0 bridgehead atoms. The summed E-state index contributed by atoms with van der Waals surface area (Å²) in [5.41, 5.74) is 0.780. The Bertz CT molecular complexity index is 613. The number of rotatable bonds is 8. The van der Waals surface area contributed by atoms with Crippen molar-refractivity contribution >= 4 is 5.91 Å². The third-order valence-corrected chi connectivity index (χ3v) is 3.44. The maximum atomic E-state index is 12.0. The first kappa shape index (κ1) is 18.0. The minimum atomic E-state index is -0.213. The molecule has 0 aliphatic rings. The first-order valence-corrected chi connectivity index (χ1v) is 8.43. The van der Waals surface area contributed by atoms with E-state index in [9.17, 15) is 4.79 Å². The molecule has 1 aromatic carbocycles. The van der Waals surface area contributed by atoms with Gasteiger partial charge in [-0.1, -0.05) is 12.1 Å². The largest absolute Gasteiger partial charge is 0.488 e. The second-order valence-corrected chi connectivity index (χ2v) is 6.89. The molecule has 0 fully saturated rings. The summed E-state index contributed by atoms with van der Waals surface area (Å²) in [4.78, 5) is 16.0. The van der Waals surface area contributed by atoms with Crippen LogP contribution in [0.1, 0.15) is 39.2 Å². The average molecular weight is 329 g/mol. The number of nitrogens with one attached hydrogen (secondary N) is 1. The van der Waals surface area contributed by atoms with Crippen molar-refractivity contribution in [2.24, 2.45) is 0 Å². The lowest BCUT2D eigenvalue weighted by Gasteiger charge is -2.21. The number of nitrogens with zero attached hydrogens (tertiary/aromatic N) is 2. The first-order valence-electron chi connectivity index (χ1n) is 8.43. The van der Waals surface area contributed by atoms with E-state index in [0.29, 0.717) is 13.0 Å². The molecule has 0 aliphatic heterocycles. The van der Waals surface area contributed by atoms with Gasteiger partial charge in [0.25, 0.3) is 0 Å². The van der Waals surface area contributed by atoms with Crippen LogP contribution in [-0.4, -0.2) is 27.6 Å². The van der Waals surface area contributed by atoms with Gasteiger partial charge in [-0.3, -0.25) is 4.79 Å². The maximum absolute atomic E-state index is 12.0. The molecule has 1 aromatic heterocycles. The average Bonchev–Trinajstić information content (AvgIpc) is 3.01. The SMILES string of the molecule is CC(C)(C)Oc1ccc(CC(=O)NCCCCn2ccnc2)cc1. The molecule has 0 saturated heterocycles. The molecule has 0 atom stereocenters. The number of aryl methyl sites for hydroxylation is 1. The smallest absolute Gasteiger partial charge is 0.224 e. The highest BCUT2D eigenvalue weighted by Crippen LogP contribution is 2.18. The number of unbranched alkanes of at least 4 members (excludes halogenated alkanes) is 1. The fraction of sp³-hybridized carbons (Fsp3) is 0.474. The fourth-order valence-corrected chi connectivity index (χ4v) is 2.34. The number of ether oxygens (including phenoxy) is 1. The Kier molecular flexibility index (Phi) is 6.41. The molecule has 2 rings (SSSR count). The highest BCUT2D eigenvalue weighted by Gasteiger charge is 2.11. The molecule has 130 valence electrons. The van der Waals surface area contributed by atoms with E-state index >= 15 is 0 Å². The number of hydrogen-bond acceptors (Lipinski definition) is 3. The van der Waals surface area contributed by atoms with Crippen LogP contribution >= 0.6 is 0 Å². The molecule has 0 aliphatic carbocycles. The molecule has 0 radical (unpaired) electrons. The topological polar surface area (TPSA) is 56.1 Å². The van der Waals surface area contributed by atoms with E-state index in [1.807, 2.05) is 62.1 Å². The number of benzene rings is 1. The standard InChI is InChI=1S/C19H27N3O2/c1-19(2,3)24-17-8-6-16(7-9-17)14-18(23)21-10-4-5-12-22-13-11-20-15-22/h6-9,11,13,15H,4-5,10,12,14H2,1-3H3,(H,21,23). The van der Waals surface area contributed by atoms with Crippen molar-refractivity contribution in [1.82, 2.24) is 14.9 Å². The molecule has 0 spiro atoms. The highest BCUT2D eigenvalue weighted by molar-refractivity contribution is 5.78. The van der Waals surface area contributed by atoms with Crippen LogP contribution in [0.3, 0.4) is 0 Å². The molecular formula is C19H27N3O2. The third kappa shape index (κ3) is 6.86. The third-order valence-electron chi connectivity index (χ3n) is 3.44. The Morgan fingerprint density at radius 3 is 2.58 bits per heavy atom. The Morgan fingerprint density at radius 2 is 1.96 bits per heavy atom. The van der Waals surface area contributed by atoms with Crippen LogP contribution in [0, 0.1) is 0 Å². The van der Waals surface area contributed by atoms with Crippen LogP contribution in [-0.2, 0) is 17.8 Å². The number of imidazole rings is 1. The molecule has 2 aromatic rings. The predicted molar refractivity (Wildman–Crippen MR) is 95.0 cm³/mol. The second kappa shape index (κ2) is 8.52. The molecule has 1 heterocycles. The molecule has 5 nitrogen and oxygen atoms in total. The summed E-state index contributed by atoms with van der Waals surface area (Å²) in [5.74, 6) is 0.883. The number of amides is 1. The Hall–Kier alpha value is -2.30. The zero-order chi connectivity index (χ0) is 17.4. The summed E-state index contributed by atoms with van der Waals surface area (Å²) in [7, 11) is 0. The van der Waals surface area contributed by atoms with Crippen LogP contribution in [0.4, 0.5) is 0 Å². The lowest BCUT2D eigenvalue weighted by Crippen LogP contribution is -2.26. The van der Waals surface area contributed by atoms with Gasteiger partial charge in [0.2, 0.25) is 5.91 Å². The summed E-state index contributed by atoms with van der Waals surface area (Å²) < 4.78 is 7.82. The molecule has 1 amide bonds. The molecular weight excluding hydrogens is 302 g/mol.